The first-order valence-electron chi connectivity index (χ1n) is 5.90. The zero-order chi connectivity index (χ0) is 12.0. The van der Waals surface area contributed by atoms with Crippen molar-refractivity contribution in [3.05, 3.63) is 29.8 Å². The molecule has 0 N–H and O–H groups in total. The lowest BCUT2D eigenvalue weighted by Crippen LogP contribution is -2.32. The predicted molar refractivity (Wildman–Crippen MR) is 71.0 cm³/mol. The van der Waals surface area contributed by atoms with Gasteiger partial charge in [-0.3, -0.25) is 9.69 Å². The molecule has 2 fully saturated rings. The number of benzene rings is 1. The Balaban J connectivity index is 1.99. The molecule has 2 saturated heterocycles. The molecule has 2 heterocycles. The fraction of sp³-hybridized carbons (Fsp3) is 0.385. The number of carbonyl (C=O) groups excluding carboxylic acids is 1. The highest BCUT2D eigenvalue weighted by atomic mass is 32.1. The number of hydrogen-bond acceptors (Lipinski definition) is 2. The summed E-state index contributed by atoms with van der Waals surface area (Å²) in [6.07, 6.45) is 2.00. The maximum Gasteiger partial charge on any atom is 0.256 e. The molecule has 1 amide bonds. The number of aryl methyl sites for hydroxylation is 1. The van der Waals surface area contributed by atoms with E-state index in [1.807, 2.05) is 31.2 Å². The van der Waals surface area contributed by atoms with E-state index < -0.39 is 0 Å². The van der Waals surface area contributed by atoms with E-state index >= 15 is 0 Å². The Hall–Kier alpha value is -1.42. The summed E-state index contributed by atoms with van der Waals surface area (Å²) in [5, 5.41) is 0.670. The van der Waals surface area contributed by atoms with Gasteiger partial charge in [0.05, 0.1) is 5.69 Å². The number of rotatable bonds is 1. The molecule has 1 aromatic rings. The lowest BCUT2D eigenvalue weighted by molar-refractivity contribution is -0.119. The third-order valence-electron chi connectivity index (χ3n) is 3.46. The molecule has 1 atom stereocenters. The van der Waals surface area contributed by atoms with E-state index in [0.717, 1.165) is 30.6 Å². The molecule has 2 aliphatic heterocycles. The number of amides is 1. The van der Waals surface area contributed by atoms with Crippen molar-refractivity contribution in [2.75, 3.05) is 11.4 Å². The van der Waals surface area contributed by atoms with Crippen LogP contribution in [0.3, 0.4) is 0 Å². The Morgan fingerprint density at radius 3 is 2.94 bits per heavy atom. The SMILES string of the molecule is Cc1cccc(N2C(=O)[C@H]3CCCN3C2=S)c1. The molecule has 3 nitrogen and oxygen atoms in total. The quantitative estimate of drug-likeness (QED) is 0.709. The number of hydrogen-bond donors (Lipinski definition) is 0. The maximum absolute atomic E-state index is 12.3. The highest BCUT2D eigenvalue weighted by Crippen LogP contribution is 2.31. The van der Waals surface area contributed by atoms with Crippen LogP contribution in [-0.2, 0) is 4.79 Å². The number of nitrogens with zero attached hydrogens (tertiary/aromatic N) is 2. The molecule has 0 unspecified atom stereocenters. The van der Waals surface area contributed by atoms with E-state index in [1.165, 1.54) is 0 Å². The fourth-order valence-corrected chi connectivity index (χ4v) is 3.04. The first kappa shape index (κ1) is 10.7. The third-order valence-corrected chi connectivity index (χ3v) is 3.87. The fourth-order valence-electron chi connectivity index (χ4n) is 2.63. The molecular weight excluding hydrogens is 232 g/mol. The summed E-state index contributed by atoms with van der Waals surface area (Å²) in [6.45, 7) is 2.94. The summed E-state index contributed by atoms with van der Waals surface area (Å²) >= 11 is 5.41. The van der Waals surface area contributed by atoms with Crippen LogP contribution in [0.5, 0.6) is 0 Å². The van der Waals surface area contributed by atoms with Gasteiger partial charge < -0.3 is 4.90 Å². The van der Waals surface area contributed by atoms with Gasteiger partial charge in [0.25, 0.3) is 5.91 Å². The molecule has 2 aliphatic rings. The first-order chi connectivity index (χ1) is 8.18. The summed E-state index contributed by atoms with van der Waals surface area (Å²) in [6, 6.07) is 7.92. The Kier molecular flexibility index (Phi) is 2.40. The van der Waals surface area contributed by atoms with Crippen LogP contribution in [-0.4, -0.2) is 28.5 Å². The molecule has 0 bridgehead atoms. The van der Waals surface area contributed by atoms with Crippen molar-refractivity contribution in [2.24, 2.45) is 0 Å². The van der Waals surface area contributed by atoms with Crippen molar-refractivity contribution in [1.82, 2.24) is 4.90 Å². The van der Waals surface area contributed by atoms with E-state index in [4.69, 9.17) is 12.2 Å². The van der Waals surface area contributed by atoms with Crippen LogP contribution in [0.25, 0.3) is 0 Å². The van der Waals surface area contributed by atoms with Gasteiger partial charge in [0.15, 0.2) is 5.11 Å². The number of thiocarbonyl (C=S) groups is 1. The second-order valence-corrected chi connectivity index (χ2v) is 5.01. The molecule has 4 heteroatoms. The average Bonchev–Trinajstić information content (AvgIpc) is 2.84. The summed E-state index contributed by atoms with van der Waals surface area (Å²) in [7, 11) is 0. The van der Waals surface area contributed by atoms with Crippen LogP contribution in [0.2, 0.25) is 0 Å². The minimum Gasteiger partial charge on any atom is -0.336 e. The van der Waals surface area contributed by atoms with Crippen LogP contribution in [0.4, 0.5) is 5.69 Å². The van der Waals surface area contributed by atoms with Gasteiger partial charge in [-0.15, -0.1) is 0 Å². The van der Waals surface area contributed by atoms with Crippen molar-refractivity contribution >= 4 is 28.9 Å². The summed E-state index contributed by atoms with van der Waals surface area (Å²) < 4.78 is 0. The summed E-state index contributed by atoms with van der Waals surface area (Å²) in [5.74, 6) is 0.137. The Morgan fingerprint density at radius 1 is 1.41 bits per heavy atom. The average molecular weight is 246 g/mol. The largest absolute Gasteiger partial charge is 0.336 e. The van der Waals surface area contributed by atoms with E-state index in [2.05, 4.69) is 4.90 Å². The van der Waals surface area contributed by atoms with Gasteiger partial charge in [-0.05, 0) is 49.7 Å². The van der Waals surface area contributed by atoms with Crippen molar-refractivity contribution in [1.29, 1.82) is 0 Å². The van der Waals surface area contributed by atoms with Crippen LogP contribution >= 0.6 is 12.2 Å². The van der Waals surface area contributed by atoms with Gasteiger partial charge in [-0.1, -0.05) is 12.1 Å². The molecule has 1 aromatic carbocycles. The van der Waals surface area contributed by atoms with Gasteiger partial charge in [-0.25, -0.2) is 0 Å². The maximum atomic E-state index is 12.3. The zero-order valence-electron chi connectivity index (χ0n) is 9.72. The lowest BCUT2D eigenvalue weighted by Gasteiger charge is -2.19. The third kappa shape index (κ3) is 1.55. The van der Waals surface area contributed by atoms with Gasteiger partial charge in [0.2, 0.25) is 0 Å². The first-order valence-corrected chi connectivity index (χ1v) is 6.30. The van der Waals surface area contributed by atoms with Crippen molar-refractivity contribution in [3.63, 3.8) is 0 Å². The minimum atomic E-state index is -0.0111. The molecule has 0 saturated carbocycles. The molecule has 17 heavy (non-hydrogen) atoms. The van der Waals surface area contributed by atoms with E-state index in [1.54, 1.807) is 4.90 Å². The predicted octanol–water partition coefficient (Wildman–Crippen LogP) is 2.09. The topological polar surface area (TPSA) is 23.6 Å². The molecule has 3 rings (SSSR count). The van der Waals surface area contributed by atoms with Crippen LogP contribution in [0.15, 0.2) is 24.3 Å². The highest BCUT2D eigenvalue weighted by Gasteiger charge is 2.45. The van der Waals surface area contributed by atoms with Crippen LogP contribution in [0.1, 0.15) is 18.4 Å². The summed E-state index contributed by atoms with van der Waals surface area (Å²) in [4.78, 5) is 16.0. The highest BCUT2D eigenvalue weighted by molar-refractivity contribution is 7.80. The Bertz CT molecular complexity index is 478. The van der Waals surface area contributed by atoms with Gasteiger partial charge in [0.1, 0.15) is 6.04 Å². The standard InChI is InChI=1S/C13H14N2OS/c1-9-4-2-5-10(8-9)15-12(16)11-6-3-7-14(11)13(15)17/h2,4-5,8,11H,3,6-7H2,1H3/t11-/m1/s1. The monoisotopic (exact) mass is 246 g/mol. The Labute approximate surface area is 106 Å². The van der Waals surface area contributed by atoms with Crippen molar-refractivity contribution in [2.45, 2.75) is 25.8 Å². The molecule has 0 spiro atoms. The lowest BCUT2D eigenvalue weighted by atomic mass is 10.2. The second kappa shape index (κ2) is 3.81. The van der Waals surface area contributed by atoms with Gasteiger partial charge >= 0.3 is 0 Å². The number of fused-ring (bicyclic) bond motifs is 1. The molecule has 0 aliphatic carbocycles. The van der Waals surface area contributed by atoms with Crippen LogP contribution < -0.4 is 4.90 Å². The summed E-state index contributed by atoms with van der Waals surface area (Å²) in [5.41, 5.74) is 2.04. The smallest absolute Gasteiger partial charge is 0.256 e. The van der Waals surface area contributed by atoms with Crippen LogP contribution in [0, 0.1) is 6.92 Å². The normalized spacial score (nSPS) is 23.5. The second-order valence-electron chi connectivity index (χ2n) is 4.65. The van der Waals surface area contributed by atoms with Gasteiger partial charge in [0, 0.05) is 6.54 Å². The van der Waals surface area contributed by atoms with E-state index in [9.17, 15) is 4.79 Å². The van der Waals surface area contributed by atoms with Crippen molar-refractivity contribution in [3.8, 4) is 0 Å². The minimum absolute atomic E-state index is 0.0111. The zero-order valence-corrected chi connectivity index (χ0v) is 10.5. The molecule has 88 valence electrons. The van der Waals surface area contributed by atoms with E-state index in [0.29, 0.717) is 5.11 Å². The Morgan fingerprint density at radius 2 is 2.24 bits per heavy atom. The van der Waals surface area contributed by atoms with Gasteiger partial charge in [-0.2, -0.15) is 0 Å². The molecular formula is C13H14N2OS. The number of anilines is 1. The number of carbonyl (C=O) groups is 1. The van der Waals surface area contributed by atoms with E-state index in [-0.39, 0.29) is 11.9 Å². The molecule has 0 radical (unpaired) electrons. The van der Waals surface area contributed by atoms with Crippen molar-refractivity contribution < 1.29 is 4.79 Å². The molecule has 0 aromatic heterocycles.